The van der Waals surface area contributed by atoms with Crippen LogP contribution < -0.4 is 9.64 Å². The van der Waals surface area contributed by atoms with Crippen molar-refractivity contribution in [3.8, 4) is 5.75 Å². The second kappa shape index (κ2) is 9.76. The van der Waals surface area contributed by atoms with Gasteiger partial charge in [-0.25, -0.2) is 4.98 Å². The number of carbonyl (C=O) groups excluding carboxylic acids is 1. The molecule has 5 nitrogen and oxygen atoms in total. The summed E-state index contributed by atoms with van der Waals surface area (Å²) in [5.74, 6) is 0.567. The van der Waals surface area contributed by atoms with Gasteiger partial charge in [0.25, 0.3) is 5.91 Å². The Balaban J connectivity index is 0.00000280. The predicted octanol–water partition coefficient (Wildman–Crippen LogP) is 5.24. The minimum absolute atomic E-state index is 0. The van der Waals surface area contributed by atoms with Crippen molar-refractivity contribution in [1.29, 1.82) is 0 Å². The van der Waals surface area contributed by atoms with E-state index in [0.717, 1.165) is 16.0 Å². The van der Waals surface area contributed by atoms with Crippen LogP contribution in [0.1, 0.15) is 10.4 Å². The van der Waals surface area contributed by atoms with Gasteiger partial charge >= 0.3 is 0 Å². The van der Waals surface area contributed by atoms with E-state index < -0.39 is 0 Å². The molecule has 0 saturated heterocycles. The summed E-state index contributed by atoms with van der Waals surface area (Å²) >= 11 is 13.6. The number of likely N-dealkylation sites (N-methyl/N-ethyl adjacent to an activating group) is 1. The average Bonchev–Trinajstić information content (AvgIpc) is 3.03. The number of amides is 1. The number of aromatic nitrogens is 1. The first-order valence-corrected chi connectivity index (χ1v) is 9.82. The fourth-order valence-corrected chi connectivity index (χ4v) is 4.10. The maximum atomic E-state index is 13.2. The summed E-state index contributed by atoms with van der Waals surface area (Å²) in [4.78, 5) is 21.5. The van der Waals surface area contributed by atoms with Crippen LogP contribution in [-0.2, 0) is 0 Å². The number of rotatable bonds is 6. The molecular formula is C19H20Cl3N3O2S. The van der Waals surface area contributed by atoms with E-state index in [-0.39, 0.29) is 18.3 Å². The highest BCUT2D eigenvalue weighted by atomic mass is 35.5. The van der Waals surface area contributed by atoms with Crippen molar-refractivity contribution in [2.24, 2.45) is 0 Å². The van der Waals surface area contributed by atoms with Crippen LogP contribution in [0.5, 0.6) is 5.75 Å². The van der Waals surface area contributed by atoms with Gasteiger partial charge in [0.15, 0.2) is 5.13 Å². The molecule has 0 atom stereocenters. The molecule has 1 heterocycles. The van der Waals surface area contributed by atoms with Gasteiger partial charge in [-0.3, -0.25) is 9.69 Å². The Morgan fingerprint density at radius 3 is 2.39 bits per heavy atom. The Morgan fingerprint density at radius 1 is 1.11 bits per heavy atom. The number of anilines is 1. The first-order valence-electron chi connectivity index (χ1n) is 8.24. The fraction of sp³-hybridized carbons (Fsp3) is 0.263. The van der Waals surface area contributed by atoms with Crippen molar-refractivity contribution in [2.45, 2.75) is 0 Å². The number of methoxy groups -OCH3 is 1. The Hall–Kier alpha value is -1.57. The van der Waals surface area contributed by atoms with Crippen LogP contribution in [0.15, 0.2) is 36.4 Å². The third-order valence-corrected chi connectivity index (χ3v) is 5.42. The van der Waals surface area contributed by atoms with E-state index in [9.17, 15) is 4.79 Å². The molecule has 0 aliphatic rings. The molecule has 0 aliphatic carbocycles. The van der Waals surface area contributed by atoms with Gasteiger partial charge in [0, 0.05) is 28.7 Å². The van der Waals surface area contributed by atoms with Crippen molar-refractivity contribution in [3.05, 3.63) is 52.0 Å². The molecule has 9 heteroatoms. The predicted molar refractivity (Wildman–Crippen MR) is 120 cm³/mol. The van der Waals surface area contributed by atoms with E-state index in [1.165, 1.54) is 11.3 Å². The van der Waals surface area contributed by atoms with Crippen molar-refractivity contribution >= 4 is 68.2 Å². The lowest BCUT2D eigenvalue weighted by molar-refractivity contribution is 0.0985. The number of benzene rings is 2. The lowest BCUT2D eigenvalue weighted by Gasteiger charge is -2.22. The quantitative estimate of drug-likeness (QED) is 0.504. The highest BCUT2D eigenvalue weighted by Gasteiger charge is 2.22. The highest BCUT2D eigenvalue weighted by Crippen LogP contribution is 2.32. The number of fused-ring (bicyclic) bond motifs is 1. The van der Waals surface area contributed by atoms with Crippen molar-refractivity contribution in [2.75, 3.05) is 39.2 Å². The Morgan fingerprint density at radius 2 is 1.79 bits per heavy atom. The monoisotopic (exact) mass is 459 g/mol. The SMILES string of the molecule is COc1ccc2nc(N(CCN(C)C)C(=O)c3cc(Cl)cc(Cl)c3)sc2c1.Cl. The molecule has 150 valence electrons. The number of hydrogen-bond acceptors (Lipinski definition) is 5. The van der Waals surface area contributed by atoms with Gasteiger partial charge in [-0.1, -0.05) is 34.5 Å². The molecule has 0 radical (unpaired) electrons. The molecule has 3 rings (SSSR count). The van der Waals surface area contributed by atoms with E-state index in [1.807, 2.05) is 37.2 Å². The lowest BCUT2D eigenvalue weighted by Crippen LogP contribution is -2.36. The largest absolute Gasteiger partial charge is 0.497 e. The summed E-state index contributed by atoms with van der Waals surface area (Å²) in [7, 11) is 5.54. The zero-order valence-corrected chi connectivity index (χ0v) is 18.8. The topological polar surface area (TPSA) is 45.7 Å². The molecule has 28 heavy (non-hydrogen) atoms. The standard InChI is InChI=1S/C19H19Cl2N3O2S.ClH/c1-23(2)6-7-24(18(25)12-8-13(20)10-14(21)9-12)19-22-16-5-4-15(26-3)11-17(16)27-19;/h4-5,8-11H,6-7H2,1-3H3;1H. The lowest BCUT2D eigenvalue weighted by atomic mass is 10.2. The fourth-order valence-electron chi connectivity index (χ4n) is 2.55. The van der Waals surface area contributed by atoms with Gasteiger partial charge in [0.1, 0.15) is 5.75 Å². The van der Waals surface area contributed by atoms with E-state index in [1.54, 1.807) is 30.2 Å². The number of halogens is 3. The molecule has 3 aromatic rings. The second-order valence-electron chi connectivity index (χ2n) is 6.25. The molecule has 0 aliphatic heterocycles. The summed E-state index contributed by atoms with van der Waals surface area (Å²) in [5.41, 5.74) is 1.26. The third-order valence-electron chi connectivity index (χ3n) is 3.94. The Bertz CT molecular complexity index is 958. The Kier molecular flexibility index (Phi) is 7.92. The van der Waals surface area contributed by atoms with Crippen LogP contribution in [0.25, 0.3) is 10.2 Å². The molecule has 2 aromatic carbocycles. The van der Waals surface area contributed by atoms with E-state index >= 15 is 0 Å². The first kappa shape index (κ1) is 22.7. The molecule has 1 amide bonds. The molecule has 0 saturated carbocycles. The van der Waals surface area contributed by atoms with Crippen LogP contribution in [-0.4, -0.2) is 50.1 Å². The number of carbonyl (C=O) groups is 1. The number of thiazole rings is 1. The summed E-state index contributed by atoms with van der Waals surface area (Å²) in [5, 5.41) is 1.47. The number of hydrogen-bond donors (Lipinski definition) is 0. The van der Waals surface area contributed by atoms with E-state index in [2.05, 4.69) is 4.98 Å². The van der Waals surface area contributed by atoms with Gasteiger partial charge in [0.05, 0.1) is 17.3 Å². The van der Waals surface area contributed by atoms with Crippen LogP contribution in [0.2, 0.25) is 10.0 Å². The van der Waals surface area contributed by atoms with Gasteiger partial charge in [-0.15, -0.1) is 12.4 Å². The number of nitrogens with zero attached hydrogens (tertiary/aromatic N) is 3. The molecular weight excluding hydrogens is 441 g/mol. The van der Waals surface area contributed by atoms with Gasteiger partial charge in [0.2, 0.25) is 0 Å². The van der Waals surface area contributed by atoms with Crippen LogP contribution in [0.4, 0.5) is 5.13 Å². The van der Waals surface area contributed by atoms with E-state index in [4.69, 9.17) is 27.9 Å². The minimum Gasteiger partial charge on any atom is -0.497 e. The average molecular weight is 461 g/mol. The van der Waals surface area contributed by atoms with Gasteiger partial charge in [-0.2, -0.15) is 0 Å². The summed E-state index contributed by atoms with van der Waals surface area (Å²) in [6.45, 7) is 1.19. The molecule has 0 N–H and O–H groups in total. The summed E-state index contributed by atoms with van der Waals surface area (Å²) in [6, 6.07) is 10.5. The molecule has 1 aromatic heterocycles. The Labute approximate surface area is 184 Å². The third kappa shape index (κ3) is 5.27. The molecule has 0 unspecified atom stereocenters. The van der Waals surface area contributed by atoms with Crippen molar-refractivity contribution in [1.82, 2.24) is 9.88 Å². The van der Waals surface area contributed by atoms with Crippen molar-refractivity contribution < 1.29 is 9.53 Å². The second-order valence-corrected chi connectivity index (χ2v) is 8.13. The molecule has 0 fully saturated rings. The van der Waals surface area contributed by atoms with Crippen LogP contribution in [0.3, 0.4) is 0 Å². The summed E-state index contributed by atoms with van der Waals surface area (Å²) in [6.07, 6.45) is 0. The van der Waals surface area contributed by atoms with Crippen LogP contribution in [0, 0.1) is 0 Å². The van der Waals surface area contributed by atoms with Gasteiger partial charge < -0.3 is 9.64 Å². The zero-order chi connectivity index (χ0) is 19.6. The maximum absolute atomic E-state index is 13.2. The zero-order valence-electron chi connectivity index (χ0n) is 15.6. The highest BCUT2D eigenvalue weighted by molar-refractivity contribution is 7.22. The normalized spacial score (nSPS) is 10.8. The van der Waals surface area contributed by atoms with Crippen molar-refractivity contribution in [3.63, 3.8) is 0 Å². The smallest absolute Gasteiger partial charge is 0.260 e. The summed E-state index contributed by atoms with van der Waals surface area (Å²) < 4.78 is 6.23. The molecule has 0 bridgehead atoms. The maximum Gasteiger partial charge on any atom is 0.260 e. The first-order chi connectivity index (χ1) is 12.9. The molecule has 0 spiro atoms. The minimum atomic E-state index is -0.188. The van der Waals surface area contributed by atoms with E-state index in [0.29, 0.717) is 33.8 Å². The van der Waals surface area contributed by atoms with Gasteiger partial charge in [-0.05, 0) is 50.5 Å². The van der Waals surface area contributed by atoms with Crippen LogP contribution >= 0.6 is 46.9 Å². The number of ether oxygens (including phenoxy) is 1.